The lowest BCUT2D eigenvalue weighted by Crippen LogP contribution is -2.22. The molecule has 1 heterocycles. The highest BCUT2D eigenvalue weighted by atomic mass is 32.2. The molecule has 1 atom stereocenters. The van der Waals surface area contributed by atoms with Gasteiger partial charge in [0.2, 0.25) is 5.88 Å². The van der Waals surface area contributed by atoms with Crippen LogP contribution in [-0.4, -0.2) is 29.2 Å². The van der Waals surface area contributed by atoms with Crippen LogP contribution in [0.1, 0.15) is 90.9 Å². The molecule has 0 amide bonds. The molecule has 5 nitrogen and oxygen atoms in total. The third kappa shape index (κ3) is 10.7. The molecular formula is C28H43N3O2S2. The number of hydrogen-bond donors (Lipinski definition) is 1. The van der Waals surface area contributed by atoms with Crippen LogP contribution in [-0.2, 0) is 0 Å². The summed E-state index contributed by atoms with van der Waals surface area (Å²) >= 11 is 7.53. The van der Waals surface area contributed by atoms with Gasteiger partial charge in [-0.2, -0.15) is 4.98 Å². The Labute approximate surface area is 222 Å². The van der Waals surface area contributed by atoms with E-state index >= 15 is 0 Å². The molecule has 0 aliphatic carbocycles. The van der Waals surface area contributed by atoms with Crippen LogP contribution in [0.15, 0.2) is 40.5 Å². The first-order valence-corrected chi connectivity index (χ1v) is 14.4. The molecule has 1 aromatic carbocycles. The van der Waals surface area contributed by atoms with Gasteiger partial charge in [-0.15, -0.1) is 0 Å². The maximum atomic E-state index is 5.97. The van der Waals surface area contributed by atoms with Crippen LogP contribution in [0.4, 0.5) is 5.69 Å². The van der Waals surface area contributed by atoms with Gasteiger partial charge in [-0.05, 0) is 37.1 Å². The van der Waals surface area contributed by atoms with Gasteiger partial charge in [-0.1, -0.05) is 102 Å². The van der Waals surface area contributed by atoms with Crippen LogP contribution >= 0.6 is 24.0 Å². The second-order valence-electron chi connectivity index (χ2n) is 8.93. The fourth-order valence-corrected chi connectivity index (χ4v) is 5.24. The van der Waals surface area contributed by atoms with Crippen molar-refractivity contribution < 1.29 is 9.47 Å². The summed E-state index contributed by atoms with van der Waals surface area (Å²) in [4.78, 5) is 10.8. The molecule has 194 valence electrons. The summed E-state index contributed by atoms with van der Waals surface area (Å²) in [7, 11) is 3.31. The van der Waals surface area contributed by atoms with E-state index in [2.05, 4.69) is 29.1 Å². The van der Waals surface area contributed by atoms with E-state index in [1.807, 2.05) is 24.3 Å². The van der Waals surface area contributed by atoms with Crippen molar-refractivity contribution >= 4 is 34.7 Å². The van der Waals surface area contributed by atoms with E-state index in [1.165, 1.54) is 70.5 Å². The van der Waals surface area contributed by atoms with Crippen molar-refractivity contribution in [1.82, 2.24) is 9.97 Å². The Morgan fingerprint density at radius 2 is 1.46 bits per heavy atom. The first-order chi connectivity index (χ1) is 17.1. The van der Waals surface area contributed by atoms with Crippen molar-refractivity contribution in [3.63, 3.8) is 0 Å². The molecule has 1 N–H and O–H groups in total. The third-order valence-electron chi connectivity index (χ3n) is 6.18. The van der Waals surface area contributed by atoms with Crippen LogP contribution < -0.4 is 14.8 Å². The Balaban J connectivity index is 2.11. The zero-order chi connectivity index (χ0) is 25.3. The molecule has 0 radical (unpaired) electrons. The maximum Gasteiger partial charge on any atom is 0.241 e. The van der Waals surface area contributed by atoms with E-state index in [0.29, 0.717) is 11.8 Å². The summed E-state index contributed by atoms with van der Waals surface area (Å²) in [6.07, 6.45) is 16.6. The normalized spacial score (nSPS) is 11.8. The molecule has 35 heavy (non-hydrogen) atoms. The Morgan fingerprint density at radius 1 is 0.857 bits per heavy atom. The minimum absolute atomic E-state index is 0.358. The van der Waals surface area contributed by atoms with E-state index in [0.717, 1.165) is 39.2 Å². The molecular weight excluding hydrogens is 474 g/mol. The minimum atomic E-state index is 0.358. The summed E-state index contributed by atoms with van der Waals surface area (Å²) in [6.45, 7) is 4.52. The topological polar surface area (TPSA) is 56.3 Å². The highest BCUT2D eigenvalue weighted by Gasteiger charge is 2.20. The van der Waals surface area contributed by atoms with Crippen molar-refractivity contribution in [3.8, 4) is 11.6 Å². The zero-order valence-electron chi connectivity index (χ0n) is 22.0. The third-order valence-corrected chi connectivity index (χ3v) is 7.62. The summed E-state index contributed by atoms with van der Waals surface area (Å²) in [6, 6.07) is 7.95. The molecule has 0 aliphatic heterocycles. The smallest absolute Gasteiger partial charge is 0.241 e. The number of unbranched alkanes of at least 4 members (excludes halogenated alkanes) is 8. The van der Waals surface area contributed by atoms with Gasteiger partial charge < -0.3 is 14.8 Å². The minimum Gasteiger partial charge on any atom is -0.497 e. The van der Waals surface area contributed by atoms with Gasteiger partial charge in [-0.3, -0.25) is 0 Å². The number of thiocarbonyl (C=S) groups is 1. The highest BCUT2D eigenvalue weighted by Crippen LogP contribution is 2.37. The van der Waals surface area contributed by atoms with Gasteiger partial charge in [0.25, 0.3) is 0 Å². The first-order valence-electron chi connectivity index (χ1n) is 13.1. The Morgan fingerprint density at radius 3 is 2.06 bits per heavy atom. The number of nitrogens with zero attached hydrogens (tertiary/aromatic N) is 2. The fourth-order valence-electron chi connectivity index (χ4n) is 4.07. The number of hydrogen-bond acceptors (Lipinski definition) is 6. The van der Waals surface area contributed by atoms with Crippen LogP contribution in [0.2, 0.25) is 0 Å². The standard InChI is InChI=1S/C28H43N3O2S2/c1-5-7-9-11-12-14-16-22(15-13-10-8-6-2)27(34)31-25-26(33-4)29-21-30-28(25)35-24-19-17-23(32-3)18-20-24/h17-22H,5-16H2,1-4H3,(H,31,34). The predicted molar refractivity (Wildman–Crippen MR) is 152 cm³/mol. The molecule has 0 saturated heterocycles. The van der Waals surface area contributed by atoms with Gasteiger partial charge in [0.05, 0.1) is 19.2 Å². The number of anilines is 1. The number of rotatable bonds is 18. The van der Waals surface area contributed by atoms with E-state index in [-0.39, 0.29) is 0 Å². The van der Waals surface area contributed by atoms with Crippen molar-refractivity contribution in [2.24, 2.45) is 5.92 Å². The number of methoxy groups -OCH3 is 2. The van der Waals surface area contributed by atoms with Crippen molar-refractivity contribution in [2.75, 3.05) is 19.5 Å². The average molecular weight is 518 g/mol. The second kappa shape index (κ2) is 17.6. The van der Waals surface area contributed by atoms with Crippen molar-refractivity contribution in [1.29, 1.82) is 0 Å². The van der Waals surface area contributed by atoms with Crippen LogP contribution in [0, 0.1) is 5.92 Å². The molecule has 1 unspecified atom stereocenters. The van der Waals surface area contributed by atoms with Gasteiger partial charge in [0.15, 0.2) is 0 Å². The monoisotopic (exact) mass is 517 g/mol. The van der Waals surface area contributed by atoms with Gasteiger partial charge in [-0.25, -0.2) is 4.98 Å². The Bertz CT molecular complexity index is 862. The molecule has 0 aliphatic rings. The second-order valence-corrected chi connectivity index (χ2v) is 10.4. The predicted octanol–water partition coefficient (Wildman–Crippen LogP) is 8.72. The summed E-state index contributed by atoms with van der Waals surface area (Å²) < 4.78 is 10.9. The fraction of sp³-hybridized carbons (Fsp3) is 0.607. The van der Waals surface area contributed by atoms with E-state index in [4.69, 9.17) is 21.7 Å². The lowest BCUT2D eigenvalue weighted by Gasteiger charge is -2.21. The van der Waals surface area contributed by atoms with Crippen LogP contribution in [0.3, 0.4) is 0 Å². The number of ether oxygens (including phenoxy) is 2. The highest BCUT2D eigenvalue weighted by molar-refractivity contribution is 7.99. The molecule has 0 saturated carbocycles. The molecule has 0 bridgehead atoms. The Hall–Kier alpha value is -1.86. The summed E-state index contributed by atoms with van der Waals surface area (Å²) in [5.74, 6) is 1.70. The molecule has 1 aromatic heterocycles. The average Bonchev–Trinajstić information content (AvgIpc) is 2.88. The lowest BCUT2D eigenvalue weighted by atomic mass is 9.94. The molecule has 2 rings (SSSR count). The van der Waals surface area contributed by atoms with E-state index in [1.54, 1.807) is 26.0 Å². The van der Waals surface area contributed by atoms with Crippen molar-refractivity contribution in [3.05, 3.63) is 30.6 Å². The summed E-state index contributed by atoms with van der Waals surface area (Å²) in [5, 5.41) is 4.31. The first kappa shape index (κ1) is 29.4. The van der Waals surface area contributed by atoms with Gasteiger partial charge in [0.1, 0.15) is 22.8 Å². The number of benzene rings is 1. The van der Waals surface area contributed by atoms with E-state index < -0.39 is 0 Å². The number of nitrogens with one attached hydrogen (secondary N) is 1. The SMILES string of the molecule is CCCCCCCCC(CCCCCC)C(=S)Nc1c(OC)ncnc1Sc1ccc(OC)cc1. The molecule has 0 spiro atoms. The maximum absolute atomic E-state index is 5.97. The zero-order valence-corrected chi connectivity index (χ0v) is 23.6. The molecule has 2 aromatic rings. The van der Waals surface area contributed by atoms with Gasteiger partial charge in [0, 0.05) is 10.8 Å². The van der Waals surface area contributed by atoms with Crippen molar-refractivity contribution in [2.45, 2.75) is 101 Å². The summed E-state index contributed by atoms with van der Waals surface area (Å²) in [5.41, 5.74) is 0.752. The lowest BCUT2D eigenvalue weighted by molar-refractivity contribution is 0.397. The largest absolute Gasteiger partial charge is 0.497 e. The molecule has 7 heteroatoms. The Kier molecular flexibility index (Phi) is 14.7. The molecule has 0 fully saturated rings. The number of aromatic nitrogens is 2. The van der Waals surface area contributed by atoms with Crippen LogP contribution in [0.25, 0.3) is 0 Å². The van der Waals surface area contributed by atoms with Crippen LogP contribution in [0.5, 0.6) is 11.6 Å². The van der Waals surface area contributed by atoms with Gasteiger partial charge >= 0.3 is 0 Å². The quantitative estimate of drug-likeness (QED) is 0.120. The van der Waals surface area contributed by atoms with E-state index in [9.17, 15) is 0 Å².